The Kier molecular flexibility index (Phi) is 6.40. The number of nitrogens with one attached hydrogen (secondary N) is 1. The minimum atomic E-state index is -3.96. The van der Waals surface area contributed by atoms with Crippen molar-refractivity contribution in [3.8, 4) is 5.75 Å². The molecule has 170 valence electrons. The number of thiazole rings is 1. The molecule has 1 aliphatic rings. The number of hydrogen-bond acceptors (Lipinski definition) is 6. The SMILES string of the molecule is CCOc1ccc2nc(NC(=O)C3CCN(S(=O)(=O)c4ccc(F)c(F)c4)CC3)sc2c1. The van der Waals surface area contributed by atoms with Gasteiger partial charge in [-0.2, -0.15) is 4.31 Å². The summed E-state index contributed by atoms with van der Waals surface area (Å²) >= 11 is 1.34. The van der Waals surface area contributed by atoms with E-state index in [0.717, 1.165) is 28.1 Å². The number of carbonyl (C=O) groups excluding carboxylic acids is 1. The minimum Gasteiger partial charge on any atom is -0.494 e. The number of piperidine rings is 1. The van der Waals surface area contributed by atoms with Crippen molar-refractivity contribution in [2.24, 2.45) is 5.92 Å². The van der Waals surface area contributed by atoms with E-state index in [4.69, 9.17) is 4.74 Å². The standard InChI is InChI=1S/C21H21F2N3O4S2/c1-2-30-14-3-6-18-19(11-14)31-21(24-18)25-20(27)13-7-9-26(10-8-13)32(28,29)15-4-5-16(22)17(23)12-15/h3-6,11-13H,2,7-10H2,1H3,(H,24,25,27). The zero-order valence-corrected chi connectivity index (χ0v) is 18.8. The third-order valence-electron chi connectivity index (χ3n) is 5.25. The maximum Gasteiger partial charge on any atom is 0.243 e. The lowest BCUT2D eigenvalue weighted by atomic mass is 9.97. The zero-order chi connectivity index (χ0) is 22.9. The maximum atomic E-state index is 13.5. The number of nitrogens with zero attached hydrogens (tertiary/aromatic N) is 2. The van der Waals surface area contributed by atoms with Gasteiger partial charge in [0.15, 0.2) is 16.8 Å². The van der Waals surface area contributed by atoms with Crippen molar-refractivity contribution in [3.05, 3.63) is 48.0 Å². The summed E-state index contributed by atoms with van der Waals surface area (Å²) in [7, 11) is -3.96. The van der Waals surface area contributed by atoms with E-state index in [-0.39, 0.29) is 29.8 Å². The van der Waals surface area contributed by atoms with Crippen LogP contribution in [-0.2, 0) is 14.8 Å². The van der Waals surface area contributed by atoms with Gasteiger partial charge in [-0.05, 0) is 56.2 Å². The molecule has 11 heteroatoms. The molecular formula is C21H21F2N3O4S2. The van der Waals surface area contributed by atoms with Crippen molar-refractivity contribution in [1.29, 1.82) is 0 Å². The highest BCUT2D eigenvalue weighted by Crippen LogP contribution is 2.31. The number of hydrogen-bond donors (Lipinski definition) is 1. The van der Waals surface area contributed by atoms with E-state index >= 15 is 0 Å². The Bertz CT molecular complexity index is 1260. The third kappa shape index (κ3) is 4.59. The highest BCUT2D eigenvalue weighted by Gasteiger charge is 2.32. The van der Waals surface area contributed by atoms with Crippen molar-refractivity contribution in [3.63, 3.8) is 0 Å². The van der Waals surface area contributed by atoms with Gasteiger partial charge in [-0.25, -0.2) is 22.2 Å². The van der Waals surface area contributed by atoms with Crippen molar-refractivity contribution in [2.45, 2.75) is 24.7 Å². The van der Waals surface area contributed by atoms with Crippen LogP contribution in [0.25, 0.3) is 10.2 Å². The van der Waals surface area contributed by atoms with Gasteiger partial charge in [0.1, 0.15) is 5.75 Å². The van der Waals surface area contributed by atoms with Gasteiger partial charge in [0.05, 0.1) is 21.7 Å². The summed E-state index contributed by atoms with van der Waals surface area (Å²) in [6.45, 7) is 2.67. The van der Waals surface area contributed by atoms with E-state index in [1.807, 2.05) is 25.1 Å². The minimum absolute atomic E-state index is 0.108. The first-order valence-electron chi connectivity index (χ1n) is 10.1. The molecule has 7 nitrogen and oxygen atoms in total. The molecule has 1 N–H and O–H groups in total. The summed E-state index contributed by atoms with van der Waals surface area (Å²) in [5.41, 5.74) is 0.751. The first kappa shape index (κ1) is 22.6. The molecule has 4 rings (SSSR count). The Morgan fingerprint density at radius 2 is 1.94 bits per heavy atom. The van der Waals surface area contributed by atoms with E-state index in [1.54, 1.807) is 0 Å². The number of benzene rings is 2. The maximum absolute atomic E-state index is 13.5. The van der Waals surface area contributed by atoms with Gasteiger partial charge in [0.2, 0.25) is 15.9 Å². The first-order chi connectivity index (χ1) is 15.3. The molecule has 2 heterocycles. The highest BCUT2D eigenvalue weighted by molar-refractivity contribution is 7.89. The van der Waals surface area contributed by atoms with Crippen LogP contribution in [0.5, 0.6) is 5.75 Å². The normalized spacial score (nSPS) is 15.7. The highest BCUT2D eigenvalue weighted by atomic mass is 32.2. The van der Waals surface area contributed by atoms with Crippen molar-refractivity contribution < 1.29 is 26.7 Å². The smallest absolute Gasteiger partial charge is 0.243 e. The number of rotatable bonds is 6. The van der Waals surface area contributed by atoms with Crippen LogP contribution in [0.4, 0.5) is 13.9 Å². The van der Waals surface area contributed by atoms with Crippen molar-refractivity contribution in [2.75, 3.05) is 25.0 Å². The molecule has 0 radical (unpaired) electrons. The molecule has 1 aliphatic heterocycles. The van der Waals surface area contributed by atoms with Crippen LogP contribution in [0.15, 0.2) is 41.3 Å². The molecule has 32 heavy (non-hydrogen) atoms. The van der Waals surface area contributed by atoms with Crippen LogP contribution in [0, 0.1) is 17.6 Å². The van der Waals surface area contributed by atoms with Crippen LogP contribution in [0.3, 0.4) is 0 Å². The second-order valence-corrected chi connectivity index (χ2v) is 10.3. The molecule has 0 aliphatic carbocycles. The van der Waals surface area contributed by atoms with E-state index < -0.39 is 21.7 Å². The van der Waals surface area contributed by atoms with E-state index in [9.17, 15) is 22.0 Å². The number of carbonyl (C=O) groups is 1. The number of sulfonamides is 1. The lowest BCUT2D eigenvalue weighted by Gasteiger charge is -2.30. The second-order valence-electron chi connectivity index (χ2n) is 7.33. The number of ether oxygens (including phenoxy) is 1. The fourth-order valence-corrected chi connectivity index (χ4v) is 5.95. The predicted molar refractivity (Wildman–Crippen MR) is 117 cm³/mol. The van der Waals surface area contributed by atoms with Crippen LogP contribution in [-0.4, -0.2) is 43.3 Å². The van der Waals surface area contributed by atoms with E-state index in [2.05, 4.69) is 10.3 Å². The van der Waals surface area contributed by atoms with Crippen LogP contribution >= 0.6 is 11.3 Å². The molecule has 2 aromatic carbocycles. The molecule has 1 fully saturated rings. The second kappa shape index (κ2) is 9.08. The molecule has 0 bridgehead atoms. The summed E-state index contributed by atoms with van der Waals surface area (Å²) in [5.74, 6) is -2.19. The largest absolute Gasteiger partial charge is 0.494 e. The zero-order valence-electron chi connectivity index (χ0n) is 17.2. The predicted octanol–water partition coefficient (Wildman–Crippen LogP) is 4.01. The van der Waals surface area contributed by atoms with Gasteiger partial charge in [0.25, 0.3) is 0 Å². The average molecular weight is 482 g/mol. The molecule has 1 amide bonds. The van der Waals surface area contributed by atoms with Gasteiger partial charge >= 0.3 is 0 Å². The van der Waals surface area contributed by atoms with Gasteiger partial charge in [-0.1, -0.05) is 11.3 Å². The molecule has 0 spiro atoms. The number of fused-ring (bicyclic) bond motifs is 1. The third-order valence-corrected chi connectivity index (χ3v) is 8.08. The quantitative estimate of drug-likeness (QED) is 0.575. The molecule has 1 saturated heterocycles. The Morgan fingerprint density at radius 3 is 2.62 bits per heavy atom. The Hall–Kier alpha value is -2.63. The molecule has 3 aromatic rings. The van der Waals surface area contributed by atoms with Crippen LogP contribution in [0.2, 0.25) is 0 Å². The number of anilines is 1. The van der Waals surface area contributed by atoms with Crippen LogP contribution < -0.4 is 10.1 Å². The van der Waals surface area contributed by atoms with Gasteiger partial charge < -0.3 is 10.1 Å². The number of halogens is 2. The van der Waals surface area contributed by atoms with Gasteiger partial charge in [-0.3, -0.25) is 4.79 Å². The monoisotopic (exact) mass is 481 g/mol. The molecular weight excluding hydrogens is 460 g/mol. The summed E-state index contributed by atoms with van der Waals surface area (Å²) in [6.07, 6.45) is 0.627. The van der Waals surface area contributed by atoms with E-state index in [0.29, 0.717) is 30.6 Å². The fraction of sp³-hybridized carbons (Fsp3) is 0.333. The Balaban J connectivity index is 1.39. The van der Waals surface area contributed by atoms with Crippen molar-refractivity contribution in [1.82, 2.24) is 9.29 Å². The topological polar surface area (TPSA) is 88.6 Å². The first-order valence-corrected chi connectivity index (χ1v) is 12.3. The van der Waals surface area contributed by atoms with Crippen LogP contribution in [0.1, 0.15) is 19.8 Å². The number of aromatic nitrogens is 1. The van der Waals surface area contributed by atoms with E-state index in [1.165, 1.54) is 15.6 Å². The summed E-state index contributed by atoms with van der Waals surface area (Å²) in [5, 5.41) is 3.29. The molecule has 0 saturated carbocycles. The average Bonchev–Trinajstić information content (AvgIpc) is 3.17. The van der Waals surface area contributed by atoms with Gasteiger partial charge in [0, 0.05) is 19.0 Å². The van der Waals surface area contributed by atoms with Gasteiger partial charge in [-0.15, -0.1) is 0 Å². The summed E-state index contributed by atoms with van der Waals surface area (Å²) in [4.78, 5) is 16.8. The Morgan fingerprint density at radius 1 is 1.19 bits per heavy atom. The lowest BCUT2D eigenvalue weighted by Crippen LogP contribution is -2.41. The summed E-state index contributed by atoms with van der Waals surface area (Å²) in [6, 6.07) is 8.02. The van der Waals surface area contributed by atoms with Crippen molar-refractivity contribution >= 4 is 42.6 Å². The lowest BCUT2D eigenvalue weighted by molar-refractivity contribution is -0.120. The number of amides is 1. The Labute approximate surface area is 188 Å². The summed E-state index contributed by atoms with van der Waals surface area (Å²) < 4.78 is 59.6. The molecule has 0 unspecified atom stereocenters. The molecule has 0 atom stereocenters. The fourth-order valence-electron chi connectivity index (χ4n) is 3.57. The molecule has 1 aromatic heterocycles.